The van der Waals surface area contributed by atoms with E-state index in [0.717, 1.165) is 6.54 Å². The van der Waals surface area contributed by atoms with Gasteiger partial charge in [-0.05, 0) is 32.7 Å². The maximum absolute atomic E-state index is 8.81. The van der Waals surface area contributed by atoms with Crippen molar-refractivity contribution in [3.05, 3.63) is 0 Å². The van der Waals surface area contributed by atoms with Crippen LogP contribution in [0, 0.1) is 11.3 Å². The first-order chi connectivity index (χ1) is 5.79. The minimum Gasteiger partial charge on any atom is -0.285 e. The lowest BCUT2D eigenvalue weighted by Gasteiger charge is -2.36. The number of nitrogens with zero attached hydrogens (tertiary/aromatic N) is 2. The Hall–Kier alpha value is -0.550. The monoisotopic (exact) mass is 166 g/mol. The average Bonchev–Trinajstić information content (AvgIpc) is 2.16. The Balaban J connectivity index is 2.53. The fourth-order valence-electron chi connectivity index (χ4n) is 2.05. The molecule has 0 saturated carbocycles. The Morgan fingerprint density at radius 3 is 2.92 bits per heavy atom. The normalized spacial score (nSPS) is 27.9. The summed E-state index contributed by atoms with van der Waals surface area (Å²) >= 11 is 0. The third kappa shape index (κ3) is 1.98. The molecule has 68 valence electrons. The van der Waals surface area contributed by atoms with Gasteiger partial charge in [-0.2, -0.15) is 5.26 Å². The molecule has 0 radical (unpaired) electrons. The third-order valence-corrected chi connectivity index (χ3v) is 2.83. The summed E-state index contributed by atoms with van der Waals surface area (Å²) < 4.78 is 0. The standard InChI is InChI=1S/C10H18N2/c1-3-10-6-4-5-7-12(10)9(2)8-11/h9-10H,3-7H2,1-2H3. The van der Waals surface area contributed by atoms with Crippen molar-refractivity contribution in [1.29, 1.82) is 5.26 Å². The molecule has 0 bridgehead atoms. The van der Waals surface area contributed by atoms with Gasteiger partial charge >= 0.3 is 0 Å². The molecule has 0 N–H and O–H groups in total. The molecule has 1 aliphatic heterocycles. The second-order valence-electron chi connectivity index (χ2n) is 3.60. The van der Waals surface area contributed by atoms with Crippen LogP contribution in [0.5, 0.6) is 0 Å². The molecule has 0 aromatic carbocycles. The number of rotatable bonds is 2. The SMILES string of the molecule is CCC1CCCCN1C(C)C#N. The van der Waals surface area contributed by atoms with Gasteiger partial charge in [-0.15, -0.1) is 0 Å². The molecule has 2 nitrogen and oxygen atoms in total. The molecular formula is C10H18N2. The van der Waals surface area contributed by atoms with Gasteiger partial charge in [0.2, 0.25) is 0 Å². The second kappa shape index (κ2) is 4.47. The largest absolute Gasteiger partial charge is 0.285 e. The number of hydrogen-bond acceptors (Lipinski definition) is 2. The fourth-order valence-corrected chi connectivity index (χ4v) is 2.05. The van der Waals surface area contributed by atoms with E-state index in [-0.39, 0.29) is 6.04 Å². The number of nitriles is 1. The van der Waals surface area contributed by atoms with Gasteiger partial charge in [-0.25, -0.2) is 0 Å². The molecule has 1 saturated heterocycles. The van der Waals surface area contributed by atoms with E-state index in [1.165, 1.54) is 25.7 Å². The van der Waals surface area contributed by atoms with Gasteiger partial charge in [0.15, 0.2) is 0 Å². The summed E-state index contributed by atoms with van der Waals surface area (Å²) in [6.45, 7) is 5.34. The van der Waals surface area contributed by atoms with Gasteiger partial charge < -0.3 is 0 Å². The molecule has 1 rings (SSSR count). The Kier molecular flexibility index (Phi) is 3.55. The van der Waals surface area contributed by atoms with Crippen molar-refractivity contribution in [2.75, 3.05) is 6.54 Å². The van der Waals surface area contributed by atoms with Gasteiger partial charge in [0.1, 0.15) is 0 Å². The average molecular weight is 166 g/mol. The van der Waals surface area contributed by atoms with Crippen LogP contribution in [0.25, 0.3) is 0 Å². The maximum Gasteiger partial charge on any atom is 0.0951 e. The molecule has 2 heteroatoms. The van der Waals surface area contributed by atoms with Crippen molar-refractivity contribution in [1.82, 2.24) is 4.90 Å². The highest BCUT2D eigenvalue weighted by Gasteiger charge is 2.24. The summed E-state index contributed by atoms with van der Waals surface area (Å²) in [4.78, 5) is 2.35. The summed E-state index contributed by atoms with van der Waals surface area (Å²) in [6.07, 6.45) is 5.07. The highest BCUT2D eigenvalue weighted by molar-refractivity contribution is 4.92. The zero-order valence-electron chi connectivity index (χ0n) is 8.08. The molecule has 2 unspecified atom stereocenters. The second-order valence-corrected chi connectivity index (χ2v) is 3.60. The van der Waals surface area contributed by atoms with E-state index in [2.05, 4.69) is 17.9 Å². The Morgan fingerprint density at radius 1 is 1.58 bits per heavy atom. The zero-order valence-corrected chi connectivity index (χ0v) is 8.08. The van der Waals surface area contributed by atoms with Crippen molar-refractivity contribution in [2.24, 2.45) is 0 Å². The lowest BCUT2D eigenvalue weighted by molar-refractivity contribution is 0.124. The summed E-state index contributed by atoms with van der Waals surface area (Å²) in [5.74, 6) is 0. The minimum atomic E-state index is 0.107. The lowest BCUT2D eigenvalue weighted by Crippen LogP contribution is -2.44. The molecule has 0 aliphatic carbocycles. The summed E-state index contributed by atoms with van der Waals surface area (Å²) in [5.41, 5.74) is 0. The highest BCUT2D eigenvalue weighted by atomic mass is 15.2. The van der Waals surface area contributed by atoms with Crippen LogP contribution in [0.15, 0.2) is 0 Å². The van der Waals surface area contributed by atoms with Crippen LogP contribution in [0.3, 0.4) is 0 Å². The topological polar surface area (TPSA) is 27.0 Å². The van der Waals surface area contributed by atoms with Crippen LogP contribution >= 0.6 is 0 Å². The first-order valence-electron chi connectivity index (χ1n) is 4.95. The Labute approximate surface area is 75.2 Å². The molecule has 1 fully saturated rings. The molecule has 0 aromatic rings. The third-order valence-electron chi connectivity index (χ3n) is 2.83. The van der Waals surface area contributed by atoms with Gasteiger partial charge in [0.05, 0.1) is 12.1 Å². The molecule has 12 heavy (non-hydrogen) atoms. The van der Waals surface area contributed by atoms with Crippen LogP contribution in [0.1, 0.15) is 39.5 Å². The highest BCUT2D eigenvalue weighted by Crippen LogP contribution is 2.21. The minimum absolute atomic E-state index is 0.107. The van der Waals surface area contributed by atoms with Crippen molar-refractivity contribution in [3.8, 4) is 6.07 Å². The predicted octanol–water partition coefficient (Wildman–Crippen LogP) is 2.16. The molecule has 2 atom stereocenters. The quantitative estimate of drug-likeness (QED) is 0.628. The molecule has 0 spiro atoms. The number of piperidine rings is 1. The predicted molar refractivity (Wildman–Crippen MR) is 49.7 cm³/mol. The van der Waals surface area contributed by atoms with Crippen LogP contribution < -0.4 is 0 Å². The molecule has 0 aromatic heterocycles. The van der Waals surface area contributed by atoms with E-state index in [9.17, 15) is 0 Å². The first-order valence-corrected chi connectivity index (χ1v) is 4.95. The van der Waals surface area contributed by atoms with E-state index in [1.807, 2.05) is 6.92 Å². The fraction of sp³-hybridized carbons (Fsp3) is 0.900. The maximum atomic E-state index is 8.81. The Morgan fingerprint density at radius 2 is 2.33 bits per heavy atom. The zero-order chi connectivity index (χ0) is 8.97. The van der Waals surface area contributed by atoms with Crippen molar-refractivity contribution >= 4 is 0 Å². The van der Waals surface area contributed by atoms with Gasteiger partial charge in [-0.1, -0.05) is 13.3 Å². The van der Waals surface area contributed by atoms with Crippen molar-refractivity contribution < 1.29 is 0 Å². The Bertz CT molecular complexity index is 171. The van der Waals surface area contributed by atoms with E-state index < -0.39 is 0 Å². The van der Waals surface area contributed by atoms with Crippen molar-refractivity contribution in [3.63, 3.8) is 0 Å². The van der Waals surface area contributed by atoms with Crippen LogP contribution in [0.2, 0.25) is 0 Å². The van der Waals surface area contributed by atoms with E-state index in [0.29, 0.717) is 6.04 Å². The molecule has 1 heterocycles. The van der Waals surface area contributed by atoms with Gasteiger partial charge in [0.25, 0.3) is 0 Å². The van der Waals surface area contributed by atoms with Crippen LogP contribution in [-0.4, -0.2) is 23.5 Å². The van der Waals surface area contributed by atoms with Crippen LogP contribution in [0.4, 0.5) is 0 Å². The lowest BCUT2D eigenvalue weighted by atomic mass is 9.98. The van der Waals surface area contributed by atoms with Crippen LogP contribution in [-0.2, 0) is 0 Å². The molecular weight excluding hydrogens is 148 g/mol. The number of likely N-dealkylation sites (tertiary alicyclic amines) is 1. The van der Waals surface area contributed by atoms with E-state index in [1.54, 1.807) is 0 Å². The summed E-state index contributed by atoms with van der Waals surface area (Å²) in [5, 5.41) is 8.81. The number of hydrogen-bond donors (Lipinski definition) is 0. The van der Waals surface area contributed by atoms with Gasteiger partial charge in [0, 0.05) is 6.04 Å². The molecule has 1 aliphatic rings. The molecule has 0 amide bonds. The van der Waals surface area contributed by atoms with Crippen molar-refractivity contribution in [2.45, 2.75) is 51.6 Å². The summed E-state index contributed by atoms with van der Waals surface area (Å²) in [7, 11) is 0. The van der Waals surface area contributed by atoms with E-state index in [4.69, 9.17) is 5.26 Å². The first kappa shape index (κ1) is 9.54. The summed E-state index contributed by atoms with van der Waals surface area (Å²) in [6, 6.07) is 3.09. The van der Waals surface area contributed by atoms with E-state index >= 15 is 0 Å². The van der Waals surface area contributed by atoms with Gasteiger partial charge in [-0.3, -0.25) is 4.90 Å². The smallest absolute Gasteiger partial charge is 0.0951 e.